The highest BCUT2D eigenvalue weighted by Crippen LogP contribution is 2.46. The second-order valence-corrected chi connectivity index (χ2v) is 17.8. The van der Waals surface area contributed by atoms with Crippen LogP contribution < -0.4 is 32.1 Å². The molecule has 0 fully saturated rings. The van der Waals surface area contributed by atoms with Crippen molar-refractivity contribution >= 4 is 52.3 Å². The monoisotopic (exact) mass is 970 g/mol. The lowest BCUT2D eigenvalue weighted by Crippen LogP contribution is -2.48. The zero-order valence-corrected chi connectivity index (χ0v) is 39.8. The minimum atomic E-state index is -2.04. The molecular weight excluding hydrogens is 912 g/mol. The molecule has 0 spiro atoms. The summed E-state index contributed by atoms with van der Waals surface area (Å²) in [5.74, 6) is 1.18. The van der Waals surface area contributed by atoms with Crippen molar-refractivity contribution in [3.05, 3.63) is 61.7 Å². The summed E-state index contributed by atoms with van der Waals surface area (Å²) in [6, 6.07) is 2.29. The van der Waals surface area contributed by atoms with Crippen LogP contribution in [0, 0.1) is 24.6 Å². The maximum atomic E-state index is 15.4. The predicted molar refractivity (Wildman–Crippen MR) is 248 cm³/mol. The fraction of sp³-hybridized carbons (Fsp3) is 0.531. The van der Waals surface area contributed by atoms with Crippen molar-refractivity contribution in [3.63, 3.8) is 0 Å². The van der Waals surface area contributed by atoms with Gasteiger partial charge < -0.3 is 55.4 Å². The summed E-state index contributed by atoms with van der Waals surface area (Å²) in [4.78, 5) is 109. The van der Waals surface area contributed by atoms with Crippen LogP contribution in [0.4, 0.5) is 4.39 Å². The first-order valence-electron chi connectivity index (χ1n) is 23.7. The molecule has 0 saturated carbocycles. The van der Waals surface area contributed by atoms with Gasteiger partial charge in [0.2, 0.25) is 35.4 Å². The lowest BCUT2D eigenvalue weighted by atomic mass is 9.81. The van der Waals surface area contributed by atoms with E-state index in [-0.39, 0.29) is 56.5 Å². The summed E-state index contributed by atoms with van der Waals surface area (Å²) in [5.41, 5.74) is 1.30. The van der Waals surface area contributed by atoms with Crippen LogP contribution in [-0.4, -0.2) is 119 Å². The van der Waals surface area contributed by atoms with E-state index in [1.54, 1.807) is 26.8 Å². The number of amides is 6. The predicted octanol–water partition coefficient (Wildman–Crippen LogP) is 1.05. The number of cyclic esters (lactones) is 1. The van der Waals surface area contributed by atoms with E-state index in [9.17, 15) is 43.5 Å². The van der Waals surface area contributed by atoms with Gasteiger partial charge in [-0.3, -0.25) is 33.6 Å². The minimum absolute atomic E-state index is 0.0406. The Morgan fingerprint density at radius 3 is 2.33 bits per heavy atom. The molecule has 20 nitrogen and oxygen atoms in total. The lowest BCUT2D eigenvalue weighted by Gasteiger charge is -2.31. The lowest BCUT2D eigenvalue weighted by molar-refractivity contribution is -0.172. The third-order valence-corrected chi connectivity index (χ3v) is 13.1. The number of esters is 1. The molecular formula is C49H59FN8O12. The average Bonchev–Trinajstić information content (AvgIpc) is 3.71. The standard InChI is InChI=1S/C49H59FN8O12/c1-5-16-57(43(64)22-54-40(61)20-52-38(59)19-51-39(60)21-53-41(62)25-69-29-12-10-8-7-9-11-13-29)28(4)68-26-42(63)55-35-15-14-30-27(3)34(50)18-36-44(30)45(35)31-23-58-37(46(31)56-36)17-33-32(47(58)65)24-70-48(66)49(33,67)6-2/h17-18,28-29,35,67H,5-10,12,14-16,19-26H2,1-4H3,(H,51,60)(H,52,59)(H,53,62)(H,54,61)(H,55,63)/t28?,29?,35-,49-/m0/s1. The molecule has 0 saturated heterocycles. The molecule has 7 rings (SSSR count). The van der Waals surface area contributed by atoms with Crippen molar-refractivity contribution in [1.82, 2.24) is 41.0 Å². The molecule has 70 heavy (non-hydrogen) atoms. The van der Waals surface area contributed by atoms with Crippen LogP contribution in [0.15, 0.2) is 16.9 Å². The molecule has 1 aromatic carbocycles. The van der Waals surface area contributed by atoms with Crippen molar-refractivity contribution in [2.24, 2.45) is 0 Å². The number of rotatable bonds is 19. The topological polar surface area (TPSA) is 266 Å². The number of aliphatic hydroxyl groups is 1. The second kappa shape index (κ2) is 22.3. The third-order valence-electron chi connectivity index (χ3n) is 13.1. The van der Waals surface area contributed by atoms with Gasteiger partial charge >= 0.3 is 5.97 Å². The SMILES string of the molecule is CCCN(C(=O)CNC(=O)CNC(=O)CNC(=O)CNC(=O)COC1C#CCCCCC1)C(C)OCC(=O)N[C@H]1CCc2c(C)c(F)cc3nc4c(c1c23)Cn1c-4cc2c(c1=O)COC(=O)[C@]2(O)CC. The highest BCUT2D eigenvalue weighted by molar-refractivity contribution is 5.94. The van der Waals surface area contributed by atoms with E-state index in [4.69, 9.17) is 19.2 Å². The maximum Gasteiger partial charge on any atom is 0.343 e. The Kier molecular flexibility index (Phi) is 16.3. The van der Waals surface area contributed by atoms with Crippen molar-refractivity contribution < 1.29 is 57.3 Å². The minimum Gasteiger partial charge on any atom is -0.458 e. The molecule has 2 aliphatic carbocycles. The summed E-state index contributed by atoms with van der Waals surface area (Å²) in [7, 11) is 0. The van der Waals surface area contributed by atoms with Crippen molar-refractivity contribution in [2.75, 3.05) is 45.9 Å². The van der Waals surface area contributed by atoms with Crippen LogP contribution in [0.2, 0.25) is 0 Å². The molecule has 374 valence electrons. The number of aryl methyl sites for hydroxylation is 1. The molecule has 21 heteroatoms. The Labute approximate surface area is 403 Å². The smallest absolute Gasteiger partial charge is 0.343 e. The number of hydrogen-bond acceptors (Lipinski definition) is 13. The first-order valence-corrected chi connectivity index (χ1v) is 23.7. The van der Waals surface area contributed by atoms with Crippen molar-refractivity contribution in [3.8, 4) is 23.2 Å². The molecule has 4 atom stereocenters. The number of pyridine rings is 2. The maximum absolute atomic E-state index is 15.4. The Morgan fingerprint density at radius 1 is 0.929 bits per heavy atom. The normalized spacial score (nSPS) is 19.1. The average molecular weight is 971 g/mol. The van der Waals surface area contributed by atoms with E-state index >= 15 is 4.39 Å². The summed E-state index contributed by atoms with van der Waals surface area (Å²) >= 11 is 0. The van der Waals surface area contributed by atoms with E-state index in [0.717, 1.165) is 37.7 Å². The number of halogens is 1. The Bertz CT molecular complexity index is 2730. The molecule has 2 aromatic heterocycles. The third kappa shape index (κ3) is 11.1. The molecule has 2 aliphatic heterocycles. The van der Waals surface area contributed by atoms with Crippen LogP contribution in [-0.2, 0) is 72.9 Å². The van der Waals surface area contributed by atoms with Crippen LogP contribution in [0.1, 0.15) is 112 Å². The highest BCUT2D eigenvalue weighted by Gasteiger charge is 2.46. The fourth-order valence-electron chi connectivity index (χ4n) is 9.30. The van der Waals surface area contributed by atoms with Gasteiger partial charge in [-0.05, 0) is 81.5 Å². The number of aromatic nitrogens is 2. The van der Waals surface area contributed by atoms with Gasteiger partial charge in [-0.1, -0.05) is 26.2 Å². The zero-order valence-electron chi connectivity index (χ0n) is 39.8. The summed E-state index contributed by atoms with van der Waals surface area (Å²) in [6.07, 6.45) is 4.60. The van der Waals surface area contributed by atoms with Gasteiger partial charge in [0, 0.05) is 35.5 Å². The first kappa shape index (κ1) is 51.1. The van der Waals surface area contributed by atoms with Crippen LogP contribution in [0.3, 0.4) is 0 Å². The number of fused-ring (bicyclic) bond motifs is 5. The molecule has 6 N–H and O–H groups in total. The van der Waals surface area contributed by atoms with Gasteiger partial charge in [-0.15, -0.1) is 5.92 Å². The molecule has 4 heterocycles. The Balaban J connectivity index is 0.904. The van der Waals surface area contributed by atoms with Gasteiger partial charge in [-0.25, -0.2) is 14.2 Å². The molecule has 3 aromatic rings. The van der Waals surface area contributed by atoms with E-state index in [0.29, 0.717) is 58.2 Å². The van der Waals surface area contributed by atoms with E-state index < -0.39 is 96.9 Å². The van der Waals surface area contributed by atoms with Crippen LogP contribution in [0.5, 0.6) is 0 Å². The van der Waals surface area contributed by atoms with Crippen molar-refractivity contribution in [1.29, 1.82) is 0 Å². The highest BCUT2D eigenvalue weighted by atomic mass is 19.1. The van der Waals surface area contributed by atoms with Crippen LogP contribution >= 0.6 is 0 Å². The Morgan fingerprint density at radius 2 is 1.63 bits per heavy atom. The molecule has 4 aliphatic rings. The van der Waals surface area contributed by atoms with Crippen molar-refractivity contribution in [2.45, 2.75) is 123 Å². The molecule has 0 bridgehead atoms. The number of carbonyl (C=O) groups excluding carboxylic acids is 7. The summed E-state index contributed by atoms with van der Waals surface area (Å²) in [5, 5.41) is 24.7. The van der Waals surface area contributed by atoms with Crippen LogP contribution in [0.25, 0.3) is 22.3 Å². The van der Waals surface area contributed by atoms with E-state index in [1.165, 1.54) is 15.5 Å². The molecule has 0 radical (unpaired) electrons. The molecule has 6 amide bonds. The van der Waals surface area contributed by atoms with E-state index in [2.05, 4.69) is 38.4 Å². The Hall–Kier alpha value is -6.76. The quantitative estimate of drug-likeness (QED) is 0.0437. The van der Waals surface area contributed by atoms with E-state index in [1.807, 2.05) is 6.92 Å². The number of ether oxygens (including phenoxy) is 3. The second-order valence-electron chi connectivity index (χ2n) is 17.8. The number of hydrogen-bond donors (Lipinski definition) is 6. The van der Waals surface area contributed by atoms with Gasteiger partial charge in [-0.2, -0.15) is 0 Å². The van der Waals surface area contributed by atoms with Gasteiger partial charge in [0.15, 0.2) is 5.60 Å². The molecule has 2 unspecified atom stereocenters. The number of carbonyl (C=O) groups is 7. The number of nitrogens with zero attached hydrogens (tertiary/aromatic N) is 3. The van der Waals surface area contributed by atoms with Gasteiger partial charge in [0.25, 0.3) is 5.56 Å². The summed E-state index contributed by atoms with van der Waals surface area (Å²) in [6.45, 7) is 4.20. The van der Waals surface area contributed by atoms with Gasteiger partial charge in [0.1, 0.15) is 38.0 Å². The largest absolute Gasteiger partial charge is 0.458 e. The summed E-state index contributed by atoms with van der Waals surface area (Å²) < 4.78 is 33.5. The number of benzene rings is 1. The first-order chi connectivity index (χ1) is 33.5. The number of nitrogens with one attached hydrogen (secondary N) is 5. The zero-order chi connectivity index (χ0) is 50.3. The van der Waals surface area contributed by atoms with Gasteiger partial charge in [0.05, 0.1) is 61.2 Å². The fourth-order valence-corrected chi connectivity index (χ4v) is 9.30.